The fourth-order valence-electron chi connectivity index (χ4n) is 5.00. The van der Waals surface area contributed by atoms with Crippen molar-refractivity contribution in [2.75, 3.05) is 44.3 Å². The Morgan fingerprint density at radius 3 is 2.57 bits per heavy atom. The Morgan fingerprint density at radius 2 is 1.87 bits per heavy atom. The number of ether oxygens (including phenoxy) is 2. The van der Waals surface area contributed by atoms with Crippen LogP contribution in [0.2, 0.25) is 0 Å². The number of carbonyl (C=O) groups is 1. The number of rotatable bonds is 5. The van der Waals surface area contributed by atoms with Crippen molar-refractivity contribution < 1.29 is 14.3 Å². The number of piperidine rings is 2. The van der Waals surface area contributed by atoms with Gasteiger partial charge in [-0.3, -0.25) is 9.59 Å². The van der Waals surface area contributed by atoms with E-state index in [2.05, 4.69) is 10.00 Å². The monoisotopic (exact) mass is 416 g/mol. The summed E-state index contributed by atoms with van der Waals surface area (Å²) < 4.78 is 13.1. The molecule has 1 spiro atoms. The highest BCUT2D eigenvalue weighted by Crippen LogP contribution is 2.32. The molecule has 1 aromatic heterocycles. The summed E-state index contributed by atoms with van der Waals surface area (Å²) >= 11 is 0. The molecule has 1 unspecified atom stereocenters. The smallest absolute Gasteiger partial charge is 0.268 e. The Bertz CT molecular complexity index is 821. The van der Waals surface area contributed by atoms with E-state index in [0.717, 1.165) is 51.0 Å². The second-order valence-electron chi connectivity index (χ2n) is 9.32. The van der Waals surface area contributed by atoms with Crippen molar-refractivity contribution in [3.8, 4) is 0 Å². The van der Waals surface area contributed by atoms with Crippen molar-refractivity contribution in [3.63, 3.8) is 0 Å². The molecule has 4 fully saturated rings. The molecule has 8 nitrogen and oxygen atoms in total. The van der Waals surface area contributed by atoms with Crippen molar-refractivity contribution in [2.45, 2.75) is 57.3 Å². The summed E-state index contributed by atoms with van der Waals surface area (Å²) in [5, 5.41) is 4.39. The van der Waals surface area contributed by atoms with Gasteiger partial charge in [-0.2, -0.15) is 5.10 Å². The highest BCUT2D eigenvalue weighted by Gasteiger charge is 2.41. The molecule has 1 atom stereocenters. The zero-order valence-corrected chi connectivity index (χ0v) is 17.6. The van der Waals surface area contributed by atoms with Gasteiger partial charge in [-0.1, -0.05) is 0 Å². The van der Waals surface area contributed by atoms with E-state index in [1.54, 1.807) is 10.7 Å². The summed E-state index contributed by atoms with van der Waals surface area (Å²) in [4.78, 5) is 29.5. The van der Waals surface area contributed by atoms with E-state index in [1.165, 1.54) is 12.8 Å². The number of anilines is 1. The second-order valence-corrected chi connectivity index (χ2v) is 9.32. The van der Waals surface area contributed by atoms with Gasteiger partial charge in [0.05, 0.1) is 25.1 Å². The normalized spacial score (nSPS) is 26.3. The number of aromatic nitrogens is 2. The van der Waals surface area contributed by atoms with Crippen LogP contribution in [-0.2, 0) is 20.8 Å². The van der Waals surface area contributed by atoms with Crippen molar-refractivity contribution in [3.05, 3.63) is 22.6 Å². The molecule has 30 heavy (non-hydrogen) atoms. The Labute approximate surface area is 177 Å². The Kier molecular flexibility index (Phi) is 5.54. The van der Waals surface area contributed by atoms with Gasteiger partial charge in [0, 0.05) is 58.1 Å². The van der Waals surface area contributed by atoms with Gasteiger partial charge in [-0.25, -0.2) is 4.68 Å². The minimum absolute atomic E-state index is 0.0174. The van der Waals surface area contributed by atoms with Crippen molar-refractivity contribution in [1.82, 2.24) is 14.7 Å². The quantitative estimate of drug-likeness (QED) is 0.726. The van der Waals surface area contributed by atoms with E-state index >= 15 is 0 Å². The average Bonchev–Trinajstić information content (AvgIpc) is 3.47. The molecule has 3 aliphatic heterocycles. The number of likely N-dealkylation sites (tertiary alicyclic amines) is 1. The van der Waals surface area contributed by atoms with Gasteiger partial charge in [-0.05, 0) is 37.5 Å². The van der Waals surface area contributed by atoms with Crippen LogP contribution in [0, 0.1) is 11.8 Å². The van der Waals surface area contributed by atoms with Crippen LogP contribution in [0.1, 0.15) is 44.9 Å². The molecule has 1 aromatic rings. The molecule has 0 N–H and O–H groups in total. The van der Waals surface area contributed by atoms with Crippen molar-refractivity contribution in [2.24, 2.45) is 11.8 Å². The predicted molar refractivity (Wildman–Crippen MR) is 111 cm³/mol. The first-order valence-corrected chi connectivity index (χ1v) is 11.5. The second kappa shape index (κ2) is 8.30. The lowest BCUT2D eigenvalue weighted by Gasteiger charge is -2.39. The lowest BCUT2D eigenvalue weighted by Crippen LogP contribution is -2.48. The van der Waals surface area contributed by atoms with Gasteiger partial charge in [0.15, 0.2) is 5.79 Å². The topological polar surface area (TPSA) is 76.9 Å². The molecule has 8 heteroatoms. The van der Waals surface area contributed by atoms with Crippen LogP contribution in [0.5, 0.6) is 0 Å². The number of carbonyl (C=O) groups excluding carboxylic acids is 1. The first-order chi connectivity index (χ1) is 14.6. The minimum atomic E-state index is -0.439. The maximum atomic E-state index is 12.9. The summed E-state index contributed by atoms with van der Waals surface area (Å²) in [5.41, 5.74) is 0.871. The van der Waals surface area contributed by atoms with Crippen LogP contribution in [-0.4, -0.2) is 65.8 Å². The van der Waals surface area contributed by atoms with Gasteiger partial charge in [0.2, 0.25) is 5.91 Å². The molecule has 0 aromatic carbocycles. The first-order valence-electron chi connectivity index (χ1n) is 11.5. The zero-order chi connectivity index (χ0) is 20.6. The molecule has 0 radical (unpaired) electrons. The van der Waals surface area contributed by atoms with Crippen LogP contribution >= 0.6 is 0 Å². The summed E-state index contributed by atoms with van der Waals surface area (Å²) in [6.07, 6.45) is 8.41. The highest BCUT2D eigenvalue weighted by molar-refractivity contribution is 5.76. The third kappa shape index (κ3) is 4.39. The largest absolute Gasteiger partial charge is 0.370 e. The van der Waals surface area contributed by atoms with E-state index < -0.39 is 5.79 Å². The number of hydrogen-bond donors (Lipinski definition) is 0. The summed E-state index contributed by atoms with van der Waals surface area (Å²) in [6.45, 7) is 5.20. The minimum Gasteiger partial charge on any atom is -0.370 e. The molecule has 164 valence electrons. The fraction of sp³-hybridized carbons (Fsp3) is 0.773. The number of nitrogens with zero attached hydrogens (tertiary/aromatic N) is 4. The highest BCUT2D eigenvalue weighted by atomic mass is 16.7. The van der Waals surface area contributed by atoms with Crippen LogP contribution in [0.4, 0.5) is 5.69 Å². The maximum absolute atomic E-state index is 12.9. The predicted octanol–water partition coefficient (Wildman–Crippen LogP) is 1.63. The number of amides is 1. The Hall–Kier alpha value is -1.93. The van der Waals surface area contributed by atoms with Gasteiger partial charge >= 0.3 is 0 Å². The van der Waals surface area contributed by atoms with E-state index in [9.17, 15) is 9.59 Å². The summed E-state index contributed by atoms with van der Waals surface area (Å²) in [6, 6.07) is 1.71. The lowest BCUT2D eigenvalue weighted by atomic mass is 9.93. The lowest BCUT2D eigenvalue weighted by molar-refractivity contribution is -0.187. The van der Waals surface area contributed by atoms with Crippen molar-refractivity contribution in [1.29, 1.82) is 0 Å². The summed E-state index contributed by atoms with van der Waals surface area (Å²) in [5.74, 6) is 0.732. The molecule has 5 rings (SSSR count). The van der Waals surface area contributed by atoms with Gasteiger partial charge < -0.3 is 19.3 Å². The van der Waals surface area contributed by atoms with Crippen LogP contribution in [0.15, 0.2) is 17.1 Å². The maximum Gasteiger partial charge on any atom is 0.268 e. The fourth-order valence-corrected chi connectivity index (χ4v) is 5.00. The molecule has 4 aliphatic rings. The number of hydrogen-bond acceptors (Lipinski definition) is 6. The van der Waals surface area contributed by atoms with Gasteiger partial charge in [0.25, 0.3) is 5.56 Å². The zero-order valence-electron chi connectivity index (χ0n) is 17.6. The molecule has 3 saturated heterocycles. The van der Waals surface area contributed by atoms with E-state index in [1.807, 2.05) is 11.1 Å². The first kappa shape index (κ1) is 20.0. The Balaban J connectivity index is 1.15. The molecule has 4 heterocycles. The molecular formula is C22H32N4O4. The van der Waals surface area contributed by atoms with Gasteiger partial charge in [-0.15, -0.1) is 0 Å². The summed E-state index contributed by atoms with van der Waals surface area (Å²) in [7, 11) is 0. The third-order valence-corrected chi connectivity index (χ3v) is 7.02. The average molecular weight is 417 g/mol. The van der Waals surface area contributed by atoms with E-state index in [-0.39, 0.29) is 11.5 Å². The molecule has 1 amide bonds. The van der Waals surface area contributed by atoms with E-state index in [4.69, 9.17) is 9.47 Å². The molecule has 0 bridgehead atoms. The standard InChI is InChI=1S/C22H32N4O4/c27-20(24-8-5-22(6-9-24)29-10-11-30-22)12-18-2-1-7-25(15-18)19-13-21(28)26(23-14-19)16-17-3-4-17/h13-14,17-18H,1-12,15-16H2. The van der Waals surface area contributed by atoms with Crippen LogP contribution in [0.3, 0.4) is 0 Å². The third-order valence-electron chi connectivity index (χ3n) is 7.02. The van der Waals surface area contributed by atoms with Gasteiger partial charge in [0.1, 0.15) is 0 Å². The van der Waals surface area contributed by atoms with E-state index in [0.29, 0.717) is 44.6 Å². The van der Waals surface area contributed by atoms with Crippen LogP contribution in [0.25, 0.3) is 0 Å². The molecular weight excluding hydrogens is 384 g/mol. The Morgan fingerprint density at radius 1 is 1.10 bits per heavy atom. The van der Waals surface area contributed by atoms with Crippen LogP contribution < -0.4 is 10.5 Å². The molecule has 1 aliphatic carbocycles. The molecule has 1 saturated carbocycles. The van der Waals surface area contributed by atoms with Crippen molar-refractivity contribution >= 4 is 11.6 Å². The SMILES string of the molecule is O=C(CC1CCCN(c2cnn(CC3CC3)c(=O)c2)C1)N1CCC2(CC1)OCCO2.